The number of hydrogen-bond acceptors (Lipinski definition) is 2. The molecule has 100 valence electrons. The predicted octanol–water partition coefficient (Wildman–Crippen LogP) is 4.39. The normalized spacial score (nSPS) is 12.6. The molecule has 0 spiro atoms. The van der Waals surface area contributed by atoms with Gasteiger partial charge < -0.3 is 5.11 Å². The third-order valence-electron chi connectivity index (χ3n) is 3.51. The van der Waals surface area contributed by atoms with E-state index >= 15 is 0 Å². The van der Waals surface area contributed by atoms with Gasteiger partial charge in [0.2, 0.25) is 0 Å². The van der Waals surface area contributed by atoms with Gasteiger partial charge in [0.15, 0.2) is 0 Å². The van der Waals surface area contributed by atoms with Crippen molar-refractivity contribution in [1.29, 1.82) is 0 Å². The van der Waals surface area contributed by atoms with E-state index in [1.165, 1.54) is 0 Å². The van der Waals surface area contributed by atoms with E-state index < -0.39 is 6.10 Å². The van der Waals surface area contributed by atoms with Crippen molar-refractivity contribution in [1.82, 2.24) is 4.98 Å². The molecule has 0 aliphatic carbocycles. The highest BCUT2D eigenvalue weighted by molar-refractivity contribution is 9.10. The highest BCUT2D eigenvalue weighted by Crippen LogP contribution is 2.30. The van der Waals surface area contributed by atoms with E-state index in [0.717, 1.165) is 31.9 Å². The Bertz CT molecular complexity index is 765. The SMILES string of the molecule is Cc1ccc(C(O)c2cncc3ccccc23)cc1Br. The quantitative estimate of drug-likeness (QED) is 0.757. The first kappa shape index (κ1) is 13.3. The lowest BCUT2D eigenvalue weighted by Crippen LogP contribution is -2.01. The Kier molecular flexibility index (Phi) is 3.55. The molecule has 3 rings (SSSR count). The molecule has 0 saturated heterocycles. The first-order chi connectivity index (χ1) is 9.66. The minimum absolute atomic E-state index is 0.675. The van der Waals surface area contributed by atoms with Crippen molar-refractivity contribution in [2.45, 2.75) is 13.0 Å². The lowest BCUT2D eigenvalue weighted by atomic mass is 9.97. The third-order valence-corrected chi connectivity index (χ3v) is 4.36. The highest BCUT2D eigenvalue weighted by Gasteiger charge is 2.14. The Morgan fingerprint density at radius 3 is 2.70 bits per heavy atom. The second kappa shape index (κ2) is 5.35. The zero-order chi connectivity index (χ0) is 14.1. The van der Waals surface area contributed by atoms with Crippen LogP contribution in [0.3, 0.4) is 0 Å². The summed E-state index contributed by atoms with van der Waals surface area (Å²) in [7, 11) is 0. The molecule has 1 aromatic heterocycles. The molecule has 0 aliphatic heterocycles. The van der Waals surface area contributed by atoms with E-state index in [0.29, 0.717) is 0 Å². The van der Waals surface area contributed by atoms with Crippen molar-refractivity contribution in [3.63, 3.8) is 0 Å². The lowest BCUT2D eigenvalue weighted by molar-refractivity contribution is 0.221. The van der Waals surface area contributed by atoms with Gasteiger partial charge in [-0.05, 0) is 29.5 Å². The fourth-order valence-corrected chi connectivity index (χ4v) is 2.71. The summed E-state index contributed by atoms with van der Waals surface area (Å²) in [5.74, 6) is 0. The van der Waals surface area contributed by atoms with Crippen LogP contribution < -0.4 is 0 Å². The molecule has 0 amide bonds. The number of fused-ring (bicyclic) bond motifs is 1. The highest BCUT2D eigenvalue weighted by atomic mass is 79.9. The summed E-state index contributed by atoms with van der Waals surface area (Å²) >= 11 is 3.51. The monoisotopic (exact) mass is 327 g/mol. The average molecular weight is 328 g/mol. The molecule has 0 bridgehead atoms. The summed E-state index contributed by atoms with van der Waals surface area (Å²) in [6, 6.07) is 13.9. The molecule has 20 heavy (non-hydrogen) atoms. The number of aryl methyl sites for hydroxylation is 1. The van der Waals surface area contributed by atoms with Crippen LogP contribution in [0.1, 0.15) is 22.8 Å². The average Bonchev–Trinajstić information content (AvgIpc) is 2.49. The first-order valence-electron chi connectivity index (χ1n) is 6.43. The molecule has 1 N–H and O–H groups in total. The maximum atomic E-state index is 10.6. The van der Waals surface area contributed by atoms with Gasteiger partial charge in [-0.15, -0.1) is 0 Å². The summed E-state index contributed by atoms with van der Waals surface area (Å²) in [4.78, 5) is 4.23. The number of aromatic nitrogens is 1. The van der Waals surface area contributed by atoms with Gasteiger partial charge in [0.25, 0.3) is 0 Å². The topological polar surface area (TPSA) is 33.1 Å². The zero-order valence-corrected chi connectivity index (χ0v) is 12.6. The van der Waals surface area contributed by atoms with Gasteiger partial charge >= 0.3 is 0 Å². The number of nitrogens with zero attached hydrogens (tertiary/aromatic N) is 1. The van der Waals surface area contributed by atoms with Gasteiger partial charge in [0.1, 0.15) is 6.10 Å². The molecule has 1 unspecified atom stereocenters. The molecular weight excluding hydrogens is 314 g/mol. The Morgan fingerprint density at radius 2 is 1.90 bits per heavy atom. The molecule has 0 aliphatic rings. The van der Waals surface area contributed by atoms with Crippen molar-refractivity contribution in [2.75, 3.05) is 0 Å². The largest absolute Gasteiger partial charge is 0.384 e. The summed E-state index contributed by atoms with van der Waals surface area (Å²) in [6.07, 6.45) is 2.88. The number of hydrogen-bond donors (Lipinski definition) is 1. The smallest absolute Gasteiger partial charge is 0.106 e. The standard InChI is InChI=1S/C17H14BrNO/c1-11-6-7-12(8-16(11)18)17(20)15-10-19-9-13-4-2-3-5-14(13)15/h2-10,17,20H,1H3. The number of aliphatic hydroxyl groups excluding tert-OH is 1. The number of rotatable bonds is 2. The second-order valence-electron chi connectivity index (χ2n) is 4.86. The van der Waals surface area contributed by atoms with Crippen molar-refractivity contribution < 1.29 is 5.11 Å². The van der Waals surface area contributed by atoms with Gasteiger partial charge in [-0.25, -0.2) is 0 Å². The van der Waals surface area contributed by atoms with Gasteiger partial charge in [0.05, 0.1) is 0 Å². The number of pyridine rings is 1. The zero-order valence-electron chi connectivity index (χ0n) is 11.0. The van der Waals surface area contributed by atoms with Gasteiger partial charge in [-0.3, -0.25) is 4.98 Å². The molecule has 2 aromatic carbocycles. The lowest BCUT2D eigenvalue weighted by Gasteiger charge is -2.14. The van der Waals surface area contributed by atoms with Crippen LogP contribution in [0.4, 0.5) is 0 Å². The molecule has 1 atom stereocenters. The van der Waals surface area contributed by atoms with Crippen LogP contribution in [0, 0.1) is 6.92 Å². The molecule has 2 nitrogen and oxygen atoms in total. The number of benzene rings is 2. The van der Waals surface area contributed by atoms with Gasteiger partial charge in [-0.2, -0.15) is 0 Å². The number of aliphatic hydroxyl groups is 1. The molecule has 3 heteroatoms. The van der Waals surface area contributed by atoms with Crippen LogP contribution in [-0.2, 0) is 0 Å². The van der Waals surface area contributed by atoms with E-state index in [1.807, 2.05) is 55.6 Å². The fourth-order valence-electron chi connectivity index (χ4n) is 2.32. The van der Waals surface area contributed by atoms with Crippen LogP contribution in [-0.4, -0.2) is 10.1 Å². The van der Waals surface area contributed by atoms with Crippen LogP contribution >= 0.6 is 15.9 Å². The van der Waals surface area contributed by atoms with E-state index in [2.05, 4.69) is 20.9 Å². The molecule has 3 aromatic rings. The van der Waals surface area contributed by atoms with Crippen LogP contribution in [0.2, 0.25) is 0 Å². The van der Waals surface area contributed by atoms with Crippen molar-refractivity contribution in [3.05, 3.63) is 76.0 Å². The predicted molar refractivity (Wildman–Crippen MR) is 84.7 cm³/mol. The summed E-state index contributed by atoms with van der Waals surface area (Å²) in [5, 5.41) is 12.7. The molecule has 0 radical (unpaired) electrons. The minimum Gasteiger partial charge on any atom is -0.384 e. The van der Waals surface area contributed by atoms with Crippen LogP contribution in [0.25, 0.3) is 10.8 Å². The summed E-state index contributed by atoms with van der Waals surface area (Å²) < 4.78 is 1.00. The summed E-state index contributed by atoms with van der Waals surface area (Å²) in [6.45, 7) is 2.03. The Morgan fingerprint density at radius 1 is 1.10 bits per heavy atom. The van der Waals surface area contributed by atoms with Crippen LogP contribution in [0.15, 0.2) is 59.3 Å². The van der Waals surface area contributed by atoms with Crippen molar-refractivity contribution >= 4 is 26.7 Å². The Labute approximate surface area is 126 Å². The Balaban J connectivity index is 2.12. The van der Waals surface area contributed by atoms with E-state index in [9.17, 15) is 5.11 Å². The second-order valence-corrected chi connectivity index (χ2v) is 5.72. The molecule has 0 fully saturated rings. The maximum Gasteiger partial charge on any atom is 0.106 e. The van der Waals surface area contributed by atoms with Crippen LogP contribution in [0.5, 0.6) is 0 Å². The third kappa shape index (κ3) is 2.35. The first-order valence-corrected chi connectivity index (χ1v) is 7.23. The van der Waals surface area contributed by atoms with E-state index in [-0.39, 0.29) is 0 Å². The van der Waals surface area contributed by atoms with Crippen molar-refractivity contribution in [3.8, 4) is 0 Å². The molecular formula is C17H14BrNO. The molecule has 1 heterocycles. The molecule has 0 saturated carbocycles. The fraction of sp³-hybridized carbons (Fsp3) is 0.118. The number of halogens is 1. The van der Waals surface area contributed by atoms with Gasteiger partial charge in [-0.1, -0.05) is 52.3 Å². The summed E-state index contributed by atoms with van der Waals surface area (Å²) in [5.41, 5.74) is 2.84. The minimum atomic E-state index is -0.675. The van der Waals surface area contributed by atoms with Crippen molar-refractivity contribution in [2.24, 2.45) is 0 Å². The van der Waals surface area contributed by atoms with Gasteiger partial charge in [0, 0.05) is 27.8 Å². The Hall–Kier alpha value is -1.71. The van der Waals surface area contributed by atoms with E-state index in [4.69, 9.17) is 0 Å². The maximum absolute atomic E-state index is 10.6. The van der Waals surface area contributed by atoms with E-state index in [1.54, 1.807) is 6.20 Å².